The summed E-state index contributed by atoms with van der Waals surface area (Å²) in [6.45, 7) is 0. The van der Waals surface area contributed by atoms with E-state index in [9.17, 15) is 0 Å². The molecule has 0 aromatic carbocycles. The minimum absolute atomic E-state index is 0.766. The van der Waals surface area contributed by atoms with Gasteiger partial charge in [0.25, 0.3) is 0 Å². The second-order valence-electron chi connectivity index (χ2n) is 6.69. The Balaban J connectivity index is 1.54. The van der Waals surface area contributed by atoms with Crippen LogP contribution in [-0.4, -0.2) is 40.3 Å². The van der Waals surface area contributed by atoms with Gasteiger partial charge < -0.3 is 4.98 Å². The number of rotatable bonds is 3. The van der Waals surface area contributed by atoms with Crippen LogP contribution < -0.4 is 0 Å². The van der Waals surface area contributed by atoms with Crippen molar-refractivity contribution in [3.8, 4) is 33.9 Å². The number of pyridine rings is 3. The Bertz CT molecular complexity index is 1440. The lowest BCUT2D eigenvalue weighted by Crippen LogP contribution is -1.84. The van der Waals surface area contributed by atoms with Crippen molar-refractivity contribution >= 4 is 21.9 Å². The van der Waals surface area contributed by atoms with E-state index in [0.717, 1.165) is 55.8 Å². The minimum atomic E-state index is 0.766. The van der Waals surface area contributed by atoms with E-state index in [1.54, 1.807) is 24.8 Å². The zero-order valence-electron chi connectivity index (χ0n) is 15.1. The minimum Gasteiger partial charge on any atom is -0.353 e. The summed E-state index contributed by atoms with van der Waals surface area (Å²) in [5.74, 6) is 0. The summed E-state index contributed by atoms with van der Waals surface area (Å²) in [4.78, 5) is 16.9. The molecule has 0 atom stereocenters. The molecule has 6 aromatic rings. The zero-order chi connectivity index (χ0) is 19.2. The Morgan fingerprint density at radius 2 is 1.76 bits per heavy atom. The van der Waals surface area contributed by atoms with Crippen LogP contribution in [0.15, 0.2) is 67.4 Å². The highest BCUT2D eigenvalue weighted by atomic mass is 15.1. The highest BCUT2D eigenvalue weighted by molar-refractivity contribution is 5.99. The van der Waals surface area contributed by atoms with Gasteiger partial charge in [-0.2, -0.15) is 10.2 Å². The molecule has 0 unspecified atom stereocenters. The van der Waals surface area contributed by atoms with Crippen molar-refractivity contribution < 1.29 is 0 Å². The fourth-order valence-electron chi connectivity index (χ4n) is 3.56. The summed E-state index contributed by atoms with van der Waals surface area (Å²) in [5.41, 5.74) is 8.00. The van der Waals surface area contributed by atoms with Gasteiger partial charge in [-0.25, -0.2) is 4.98 Å². The van der Waals surface area contributed by atoms with E-state index in [2.05, 4.69) is 41.4 Å². The lowest BCUT2D eigenvalue weighted by Gasteiger charge is -2.01. The van der Waals surface area contributed by atoms with Crippen molar-refractivity contribution in [1.29, 1.82) is 0 Å². The molecule has 0 aliphatic heterocycles. The normalized spacial score (nSPS) is 11.4. The molecule has 6 heterocycles. The topological polar surface area (TPSA) is 112 Å². The molecule has 8 nitrogen and oxygen atoms in total. The van der Waals surface area contributed by atoms with E-state index in [-0.39, 0.29) is 0 Å². The van der Waals surface area contributed by atoms with Crippen LogP contribution in [0.5, 0.6) is 0 Å². The largest absolute Gasteiger partial charge is 0.353 e. The van der Waals surface area contributed by atoms with E-state index in [0.29, 0.717) is 0 Å². The number of aromatic nitrogens is 8. The highest BCUT2D eigenvalue weighted by Gasteiger charge is 2.16. The molecule has 6 rings (SSSR count). The quantitative estimate of drug-likeness (QED) is 0.432. The Hall–Kier alpha value is -4.33. The van der Waals surface area contributed by atoms with E-state index >= 15 is 0 Å². The molecule has 0 aliphatic carbocycles. The molecule has 0 amide bonds. The number of nitrogens with zero attached hydrogens (tertiary/aromatic N) is 5. The zero-order valence-corrected chi connectivity index (χ0v) is 15.1. The average molecular weight is 378 g/mol. The molecule has 0 radical (unpaired) electrons. The van der Waals surface area contributed by atoms with Crippen molar-refractivity contribution in [3.05, 3.63) is 67.4 Å². The van der Waals surface area contributed by atoms with Gasteiger partial charge in [0.15, 0.2) is 0 Å². The van der Waals surface area contributed by atoms with Crippen LogP contribution in [0, 0.1) is 0 Å². The smallest absolute Gasteiger partial charge is 0.135 e. The first-order valence-electron chi connectivity index (χ1n) is 9.09. The van der Waals surface area contributed by atoms with Crippen molar-refractivity contribution in [2.45, 2.75) is 0 Å². The molecule has 0 bridgehead atoms. The third-order valence-electron chi connectivity index (χ3n) is 4.96. The third kappa shape index (κ3) is 2.50. The molecule has 0 saturated heterocycles. The summed E-state index contributed by atoms with van der Waals surface area (Å²) in [7, 11) is 0. The Morgan fingerprint density at radius 1 is 0.828 bits per heavy atom. The first kappa shape index (κ1) is 15.7. The number of nitrogens with one attached hydrogen (secondary N) is 3. The van der Waals surface area contributed by atoms with Crippen molar-refractivity contribution in [1.82, 2.24) is 40.3 Å². The van der Waals surface area contributed by atoms with Crippen LogP contribution in [0.2, 0.25) is 0 Å². The molecule has 0 fully saturated rings. The monoisotopic (exact) mass is 378 g/mol. The van der Waals surface area contributed by atoms with Gasteiger partial charge in [-0.1, -0.05) is 0 Å². The molecule has 6 aromatic heterocycles. The first-order chi connectivity index (χ1) is 14.4. The maximum atomic E-state index is 4.81. The van der Waals surface area contributed by atoms with Gasteiger partial charge in [-0.15, -0.1) is 0 Å². The Labute approximate surface area is 164 Å². The summed E-state index contributed by atoms with van der Waals surface area (Å²) >= 11 is 0. The molecule has 29 heavy (non-hydrogen) atoms. The van der Waals surface area contributed by atoms with E-state index in [1.165, 1.54) is 0 Å². The molecule has 138 valence electrons. The van der Waals surface area contributed by atoms with Crippen molar-refractivity contribution in [2.24, 2.45) is 0 Å². The van der Waals surface area contributed by atoms with E-state index < -0.39 is 0 Å². The summed E-state index contributed by atoms with van der Waals surface area (Å²) < 4.78 is 0. The Kier molecular flexibility index (Phi) is 3.30. The number of hydrogen-bond donors (Lipinski definition) is 3. The maximum absolute atomic E-state index is 4.81. The molecule has 0 saturated carbocycles. The van der Waals surface area contributed by atoms with Crippen LogP contribution >= 0.6 is 0 Å². The number of hydrogen-bond acceptors (Lipinski definition) is 5. The molecule has 3 N–H and O–H groups in total. The van der Waals surface area contributed by atoms with Crippen LogP contribution in [0.25, 0.3) is 55.8 Å². The second kappa shape index (κ2) is 6.10. The summed E-state index contributed by atoms with van der Waals surface area (Å²) in [5, 5.41) is 15.4. The van der Waals surface area contributed by atoms with Crippen LogP contribution in [0.1, 0.15) is 0 Å². The van der Waals surface area contributed by atoms with E-state index in [4.69, 9.17) is 4.98 Å². The van der Waals surface area contributed by atoms with Gasteiger partial charge in [-0.3, -0.25) is 20.2 Å². The summed E-state index contributed by atoms with van der Waals surface area (Å²) in [6.07, 6.45) is 8.92. The van der Waals surface area contributed by atoms with Gasteiger partial charge in [-0.05, 0) is 36.4 Å². The average Bonchev–Trinajstić information content (AvgIpc) is 3.52. The van der Waals surface area contributed by atoms with Crippen molar-refractivity contribution in [3.63, 3.8) is 0 Å². The molecular weight excluding hydrogens is 364 g/mol. The number of H-pyrrole nitrogens is 3. The fraction of sp³-hybridized carbons (Fsp3) is 0. The lowest BCUT2D eigenvalue weighted by atomic mass is 10.1. The molecular formula is C21H14N8. The predicted molar refractivity (Wildman–Crippen MR) is 110 cm³/mol. The van der Waals surface area contributed by atoms with Crippen LogP contribution in [0.4, 0.5) is 0 Å². The van der Waals surface area contributed by atoms with Crippen molar-refractivity contribution in [2.75, 3.05) is 0 Å². The van der Waals surface area contributed by atoms with Gasteiger partial charge >= 0.3 is 0 Å². The van der Waals surface area contributed by atoms with Crippen LogP contribution in [-0.2, 0) is 0 Å². The lowest BCUT2D eigenvalue weighted by molar-refractivity contribution is 1.09. The second-order valence-corrected chi connectivity index (χ2v) is 6.69. The van der Waals surface area contributed by atoms with Gasteiger partial charge in [0.1, 0.15) is 11.2 Å². The molecule has 0 aliphatic rings. The standard InChI is InChI=1S/C21H14N8/c1-2-17-20(27-15(1)13-10-24-25-11-13)21(29-28-17)18-9-14-16(26-18)5-8-23-19(14)12-3-6-22-7-4-12/h1-11,26H,(H,24,25)(H,28,29). The number of aromatic amines is 3. The van der Waals surface area contributed by atoms with Gasteiger partial charge in [0.2, 0.25) is 0 Å². The first-order valence-corrected chi connectivity index (χ1v) is 9.09. The Morgan fingerprint density at radius 3 is 2.62 bits per heavy atom. The highest BCUT2D eigenvalue weighted by Crippen LogP contribution is 2.32. The molecule has 0 spiro atoms. The maximum Gasteiger partial charge on any atom is 0.135 e. The van der Waals surface area contributed by atoms with Crippen LogP contribution in [0.3, 0.4) is 0 Å². The number of fused-ring (bicyclic) bond motifs is 2. The van der Waals surface area contributed by atoms with Gasteiger partial charge in [0, 0.05) is 46.8 Å². The van der Waals surface area contributed by atoms with E-state index in [1.807, 2.05) is 36.5 Å². The third-order valence-corrected chi connectivity index (χ3v) is 4.96. The SMILES string of the molecule is c1cc(-c2nccc3[nH]c(-c4n[nH]c5ccc(-c6cn[nH]c6)nc45)cc23)ccn1. The molecule has 8 heteroatoms. The summed E-state index contributed by atoms with van der Waals surface area (Å²) in [6, 6.07) is 11.9. The fourth-order valence-corrected chi connectivity index (χ4v) is 3.56. The predicted octanol–water partition coefficient (Wildman–Crippen LogP) is 3.95. The van der Waals surface area contributed by atoms with Gasteiger partial charge in [0.05, 0.1) is 28.8 Å².